The number of para-hydroxylation sites is 1. The number of carbonyl (C=O) groups excluding carboxylic acids is 2. The van der Waals surface area contributed by atoms with E-state index in [-0.39, 0.29) is 29.5 Å². The Balaban J connectivity index is 1.43. The standard InChI is InChI=1S/C26H28FN5O3/c1-2-22(33)31-13-5-6-17(14-31)32-15-19(23-24(32)26(34)30-29-25(23)28)16-9-11-18(12-10-16)35-21-8-4-3-7-20(21)27/h2-4,7-12,15,17,23-25,29H,1,5-6,13-14,28H2,(H,30,34)/t17-,23?,24?,25?/m1/s1. The van der Waals surface area contributed by atoms with Crippen molar-refractivity contribution in [3.05, 3.63) is 78.8 Å². The Hall–Kier alpha value is -3.69. The molecule has 0 saturated carbocycles. The monoisotopic (exact) mass is 477 g/mol. The summed E-state index contributed by atoms with van der Waals surface area (Å²) in [6.07, 6.45) is 4.54. The molecule has 0 spiro atoms. The number of nitrogens with one attached hydrogen (secondary N) is 2. The highest BCUT2D eigenvalue weighted by Crippen LogP contribution is 2.41. The molecule has 3 heterocycles. The van der Waals surface area contributed by atoms with Gasteiger partial charge in [0.05, 0.1) is 6.17 Å². The van der Waals surface area contributed by atoms with Gasteiger partial charge in [-0.05, 0) is 54.3 Å². The lowest BCUT2D eigenvalue weighted by atomic mass is 9.86. The van der Waals surface area contributed by atoms with Gasteiger partial charge in [-0.15, -0.1) is 0 Å². The summed E-state index contributed by atoms with van der Waals surface area (Å²) in [5.74, 6) is -0.331. The van der Waals surface area contributed by atoms with Crippen molar-refractivity contribution in [1.82, 2.24) is 20.7 Å². The lowest BCUT2D eigenvalue weighted by molar-refractivity contribution is -0.132. The molecule has 0 aliphatic carbocycles. The van der Waals surface area contributed by atoms with Crippen molar-refractivity contribution in [1.29, 1.82) is 0 Å². The topological polar surface area (TPSA) is 99.9 Å². The average molecular weight is 478 g/mol. The number of fused-ring (bicyclic) bond motifs is 1. The van der Waals surface area contributed by atoms with Crippen molar-refractivity contribution in [2.75, 3.05) is 13.1 Å². The number of hydrogen-bond acceptors (Lipinski definition) is 6. The molecule has 4 atom stereocenters. The van der Waals surface area contributed by atoms with Crippen LogP contribution in [0.25, 0.3) is 5.57 Å². The summed E-state index contributed by atoms with van der Waals surface area (Å²) in [4.78, 5) is 29.0. The number of likely N-dealkylation sites (tertiary alicyclic amines) is 1. The molecule has 35 heavy (non-hydrogen) atoms. The van der Waals surface area contributed by atoms with E-state index in [0.717, 1.165) is 24.0 Å². The summed E-state index contributed by atoms with van der Waals surface area (Å²) in [5.41, 5.74) is 13.8. The average Bonchev–Trinajstić information content (AvgIpc) is 3.30. The molecule has 0 radical (unpaired) electrons. The second-order valence-corrected chi connectivity index (χ2v) is 9.00. The molecule has 3 unspecified atom stereocenters. The van der Waals surface area contributed by atoms with Crippen LogP contribution in [0.1, 0.15) is 18.4 Å². The maximum Gasteiger partial charge on any atom is 0.257 e. The van der Waals surface area contributed by atoms with Crippen molar-refractivity contribution in [2.24, 2.45) is 11.7 Å². The molecule has 4 N–H and O–H groups in total. The highest BCUT2D eigenvalue weighted by atomic mass is 19.1. The van der Waals surface area contributed by atoms with Crippen molar-refractivity contribution in [2.45, 2.75) is 31.1 Å². The summed E-state index contributed by atoms with van der Waals surface area (Å²) >= 11 is 0. The summed E-state index contributed by atoms with van der Waals surface area (Å²) in [6.45, 7) is 4.79. The van der Waals surface area contributed by atoms with E-state index in [2.05, 4.69) is 22.3 Å². The van der Waals surface area contributed by atoms with Crippen molar-refractivity contribution < 1.29 is 18.7 Å². The maximum atomic E-state index is 14.0. The molecular weight excluding hydrogens is 449 g/mol. The Kier molecular flexibility index (Phi) is 6.27. The van der Waals surface area contributed by atoms with Crippen molar-refractivity contribution in [3.63, 3.8) is 0 Å². The number of halogens is 1. The number of nitrogens with two attached hydrogens (primary N) is 1. The number of carbonyl (C=O) groups is 2. The molecule has 182 valence electrons. The predicted octanol–water partition coefficient (Wildman–Crippen LogP) is 2.36. The fraction of sp³-hybridized carbons (Fsp3) is 0.308. The number of rotatable bonds is 5. The number of benzene rings is 2. The van der Waals surface area contributed by atoms with E-state index in [0.29, 0.717) is 18.8 Å². The molecule has 3 aliphatic heterocycles. The van der Waals surface area contributed by atoms with E-state index in [1.54, 1.807) is 35.2 Å². The van der Waals surface area contributed by atoms with Gasteiger partial charge in [0.2, 0.25) is 5.91 Å². The normalized spacial score (nSPS) is 26.0. The summed E-state index contributed by atoms with van der Waals surface area (Å²) in [7, 11) is 0. The predicted molar refractivity (Wildman–Crippen MR) is 129 cm³/mol. The van der Waals surface area contributed by atoms with Crippen LogP contribution in [-0.4, -0.2) is 53.0 Å². The number of hydrazine groups is 1. The summed E-state index contributed by atoms with van der Waals surface area (Å²) < 4.78 is 19.6. The third-order valence-electron chi connectivity index (χ3n) is 6.88. The zero-order valence-corrected chi connectivity index (χ0v) is 19.2. The molecule has 3 aliphatic rings. The van der Waals surface area contributed by atoms with Crippen molar-refractivity contribution >= 4 is 17.4 Å². The number of piperidine rings is 1. The Morgan fingerprint density at radius 3 is 2.71 bits per heavy atom. The van der Waals surface area contributed by atoms with Gasteiger partial charge >= 0.3 is 0 Å². The Morgan fingerprint density at radius 1 is 1.20 bits per heavy atom. The number of hydrogen-bond donors (Lipinski definition) is 3. The number of ether oxygens (including phenoxy) is 1. The molecule has 2 saturated heterocycles. The van der Waals surface area contributed by atoms with Gasteiger partial charge in [0, 0.05) is 31.2 Å². The largest absolute Gasteiger partial charge is 0.454 e. The fourth-order valence-electron chi connectivity index (χ4n) is 5.19. The first-order chi connectivity index (χ1) is 17.0. The van der Waals surface area contributed by atoms with Gasteiger partial charge in [-0.1, -0.05) is 30.8 Å². The van der Waals surface area contributed by atoms with Crippen LogP contribution in [0.3, 0.4) is 0 Å². The Bertz CT molecular complexity index is 1170. The van der Waals surface area contributed by atoms with E-state index in [1.165, 1.54) is 12.1 Å². The summed E-state index contributed by atoms with van der Waals surface area (Å²) in [5, 5.41) is 0. The van der Waals surface area contributed by atoms with Gasteiger partial charge in [-0.25, -0.2) is 9.82 Å². The highest BCUT2D eigenvalue weighted by molar-refractivity contribution is 5.89. The molecule has 9 heteroatoms. The minimum Gasteiger partial charge on any atom is -0.454 e. The quantitative estimate of drug-likeness (QED) is 0.572. The lowest BCUT2D eigenvalue weighted by Gasteiger charge is -2.43. The molecule has 0 bridgehead atoms. The van der Waals surface area contributed by atoms with E-state index in [4.69, 9.17) is 10.5 Å². The molecule has 2 aromatic rings. The van der Waals surface area contributed by atoms with E-state index in [1.807, 2.05) is 18.3 Å². The summed E-state index contributed by atoms with van der Waals surface area (Å²) in [6, 6.07) is 13.0. The fourth-order valence-corrected chi connectivity index (χ4v) is 5.19. The van der Waals surface area contributed by atoms with Crippen molar-refractivity contribution in [3.8, 4) is 11.5 Å². The molecule has 2 amide bonds. The van der Waals surface area contributed by atoms with Crippen LogP contribution in [0.4, 0.5) is 4.39 Å². The second-order valence-electron chi connectivity index (χ2n) is 9.00. The first-order valence-electron chi connectivity index (χ1n) is 11.7. The zero-order chi connectivity index (χ0) is 24.5. The van der Waals surface area contributed by atoms with E-state index < -0.39 is 18.0 Å². The van der Waals surface area contributed by atoms with Gasteiger partial charge < -0.3 is 20.3 Å². The van der Waals surface area contributed by atoms with Crippen LogP contribution in [0.5, 0.6) is 11.5 Å². The van der Waals surface area contributed by atoms with Crippen LogP contribution >= 0.6 is 0 Å². The van der Waals surface area contributed by atoms with Crippen LogP contribution < -0.4 is 21.3 Å². The van der Waals surface area contributed by atoms with Gasteiger partial charge in [0.25, 0.3) is 5.91 Å². The molecule has 2 aromatic carbocycles. The third-order valence-corrected chi connectivity index (χ3v) is 6.88. The van der Waals surface area contributed by atoms with Gasteiger partial charge in [-0.3, -0.25) is 15.0 Å². The van der Waals surface area contributed by atoms with Crippen LogP contribution in [0, 0.1) is 11.7 Å². The van der Waals surface area contributed by atoms with Crippen LogP contribution in [-0.2, 0) is 9.59 Å². The third kappa shape index (κ3) is 4.40. The highest BCUT2D eigenvalue weighted by Gasteiger charge is 2.49. The van der Waals surface area contributed by atoms with Gasteiger partial charge in [0.1, 0.15) is 11.8 Å². The van der Waals surface area contributed by atoms with Crippen LogP contribution in [0.15, 0.2) is 67.4 Å². The van der Waals surface area contributed by atoms with E-state index >= 15 is 0 Å². The smallest absolute Gasteiger partial charge is 0.257 e. The second kappa shape index (κ2) is 9.52. The Labute approximate surface area is 203 Å². The molecular formula is C26H28FN5O3. The minimum atomic E-state index is -0.488. The number of nitrogens with zero attached hydrogens (tertiary/aromatic N) is 2. The molecule has 5 rings (SSSR count). The maximum absolute atomic E-state index is 14.0. The first-order valence-corrected chi connectivity index (χ1v) is 11.7. The SMILES string of the molecule is C=CC(=O)N1CCC[C@@H](N2C=C(c3ccc(Oc4ccccc4F)cc3)C3C(N)NNC(=O)C32)C1. The number of amides is 2. The van der Waals surface area contributed by atoms with Gasteiger partial charge in [-0.2, -0.15) is 0 Å². The minimum absolute atomic E-state index is 0.0163. The molecule has 8 nitrogen and oxygen atoms in total. The van der Waals surface area contributed by atoms with Gasteiger partial charge in [0.15, 0.2) is 11.6 Å². The first kappa shape index (κ1) is 23.1. The van der Waals surface area contributed by atoms with E-state index in [9.17, 15) is 14.0 Å². The van der Waals surface area contributed by atoms with Crippen LogP contribution in [0.2, 0.25) is 0 Å². The molecule has 0 aromatic heterocycles. The lowest BCUT2D eigenvalue weighted by Crippen LogP contribution is -2.67. The molecule has 2 fully saturated rings. The Morgan fingerprint density at radius 2 is 1.97 bits per heavy atom. The zero-order valence-electron chi connectivity index (χ0n) is 19.2.